The lowest BCUT2D eigenvalue weighted by Gasteiger charge is -2.05. The zero-order valence-electron chi connectivity index (χ0n) is 8.66. The highest BCUT2D eigenvalue weighted by molar-refractivity contribution is 8.00. The molecule has 2 heterocycles. The molecule has 0 saturated heterocycles. The van der Waals surface area contributed by atoms with Crippen LogP contribution in [-0.4, -0.2) is 20.2 Å². The third-order valence-corrected chi connectivity index (χ3v) is 3.75. The predicted molar refractivity (Wildman–Crippen MR) is 65.4 cm³/mol. The molecule has 0 aliphatic rings. The molecule has 0 aliphatic heterocycles. The summed E-state index contributed by atoms with van der Waals surface area (Å²) in [7, 11) is 0. The molecular formula is C9H9N5OS2. The number of aromatic nitrogens is 3. The van der Waals surface area contributed by atoms with Crippen LogP contribution in [0.3, 0.4) is 0 Å². The van der Waals surface area contributed by atoms with Gasteiger partial charge >= 0.3 is 0 Å². The van der Waals surface area contributed by atoms with Gasteiger partial charge in [0.15, 0.2) is 4.34 Å². The van der Waals surface area contributed by atoms with Gasteiger partial charge in [-0.3, -0.25) is 15.2 Å². The zero-order valence-corrected chi connectivity index (χ0v) is 10.3. The molecule has 6 nitrogen and oxygen atoms in total. The van der Waals surface area contributed by atoms with Gasteiger partial charge in [-0.2, -0.15) is 4.37 Å². The van der Waals surface area contributed by atoms with Crippen molar-refractivity contribution in [1.82, 2.24) is 19.8 Å². The van der Waals surface area contributed by atoms with Crippen molar-refractivity contribution in [3.05, 3.63) is 35.9 Å². The average Bonchev–Trinajstić information content (AvgIpc) is 2.89. The molecule has 0 atom stereocenters. The molecule has 0 spiro atoms. The molecule has 0 aromatic carbocycles. The van der Waals surface area contributed by atoms with Gasteiger partial charge in [0.05, 0.1) is 11.3 Å². The van der Waals surface area contributed by atoms with Crippen LogP contribution in [0.2, 0.25) is 0 Å². The fourth-order valence-electron chi connectivity index (χ4n) is 1.19. The van der Waals surface area contributed by atoms with Gasteiger partial charge in [-0.25, -0.2) is 10.8 Å². The highest BCUT2D eigenvalue weighted by atomic mass is 32.2. The van der Waals surface area contributed by atoms with E-state index < -0.39 is 0 Å². The van der Waals surface area contributed by atoms with E-state index in [1.807, 2.05) is 0 Å². The minimum Gasteiger partial charge on any atom is -0.290 e. The van der Waals surface area contributed by atoms with Crippen LogP contribution in [0, 0.1) is 0 Å². The van der Waals surface area contributed by atoms with Crippen molar-refractivity contribution in [1.29, 1.82) is 0 Å². The smallest absolute Gasteiger partial charge is 0.267 e. The van der Waals surface area contributed by atoms with Crippen molar-refractivity contribution in [2.45, 2.75) is 10.1 Å². The van der Waals surface area contributed by atoms with Gasteiger partial charge in [0.2, 0.25) is 0 Å². The minimum absolute atomic E-state index is 0.342. The first-order valence-corrected chi connectivity index (χ1v) is 6.41. The van der Waals surface area contributed by atoms with Gasteiger partial charge in [0.1, 0.15) is 6.33 Å². The number of hydrogen-bond donors (Lipinski definition) is 2. The van der Waals surface area contributed by atoms with E-state index in [4.69, 9.17) is 5.84 Å². The largest absolute Gasteiger partial charge is 0.290 e. The molecule has 0 unspecified atom stereocenters. The van der Waals surface area contributed by atoms with Crippen LogP contribution < -0.4 is 11.3 Å². The maximum Gasteiger partial charge on any atom is 0.267 e. The van der Waals surface area contributed by atoms with Gasteiger partial charge in [0.25, 0.3) is 5.91 Å². The maximum atomic E-state index is 11.5. The second kappa shape index (κ2) is 5.71. The number of thioether (sulfide) groups is 1. The Bertz CT molecular complexity index is 502. The molecule has 0 saturated carbocycles. The van der Waals surface area contributed by atoms with E-state index in [2.05, 4.69) is 19.8 Å². The van der Waals surface area contributed by atoms with Crippen LogP contribution in [0.25, 0.3) is 0 Å². The van der Waals surface area contributed by atoms with Crippen LogP contribution in [0.15, 0.2) is 29.0 Å². The summed E-state index contributed by atoms with van der Waals surface area (Å²) in [5, 5.41) is 0. The molecule has 3 N–H and O–H groups in total. The molecule has 2 aromatic heterocycles. The highest BCUT2D eigenvalue weighted by Crippen LogP contribution is 2.23. The Morgan fingerprint density at radius 3 is 3.12 bits per heavy atom. The molecule has 0 aliphatic carbocycles. The van der Waals surface area contributed by atoms with Crippen LogP contribution >= 0.6 is 23.3 Å². The average molecular weight is 267 g/mol. The number of carbonyl (C=O) groups is 1. The number of hydrazine groups is 1. The first-order valence-electron chi connectivity index (χ1n) is 4.65. The molecule has 0 fully saturated rings. The molecular weight excluding hydrogens is 258 g/mol. The quantitative estimate of drug-likeness (QED) is 0.369. The van der Waals surface area contributed by atoms with Crippen LogP contribution in [0.5, 0.6) is 0 Å². The second-order valence-electron chi connectivity index (χ2n) is 2.97. The van der Waals surface area contributed by atoms with E-state index in [1.165, 1.54) is 29.6 Å². The van der Waals surface area contributed by atoms with Crippen molar-refractivity contribution in [2.75, 3.05) is 0 Å². The second-order valence-corrected chi connectivity index (χ2v) is 4.97. The lowest BCUT2D eigenvalue weighted by atomic mass is 10.2. The first-order chi connectivity index (χ1) is 8.31. The lowest BCUT2D eigenvalue weighted by Crippen LogP contribution is -2.30. The Morgan fingerprint density at radius 2 is 2.41 bits per heavy atom. The normalized spacial score (nSPS) is 10.2. The number of pyridine rings is 1. The fourth-order valence-corrected chi connectivity index (χ4v) is 2.60. The third-order valence-electron chi connectivity index (χ3n) is 1.94. The number of carbonyl (C=O) groups excluding carboxylic acids is 1. The monoisotopic (exact) mass is 267 g/mol. The minimum atomic E-state index is -0.342. The van der Waals surface area contributed by atoms with E-state index in [-0.39, 0.29) is 5.91 Å². The summed E-state index contributed by atoms with van der Waals surface area (Å²) in [6.45, 7) is 0. The molecule has 0 bridgehead atoms. The molecule has 8 heteroatoms. The lowest BCUT2D eigenvalue weighted by molar-refractivity contribution is 0.0952. The maximum absolute atomic E-state index is 11.5. The summed E-state index contributed by atoms with van der Waals surface area (Å²) in [5.74, 6) is 5.32. The molecule has 2 aromatic rings. The molecule has 0 radical (unpaired) electrons. The summed E-state index contributed by atoms with van der Waals surface area (Å²) in [6.07, 6.45) is 3.14. The van der Waals surface area contributed by atoms with Gasteiger partial charge in [-0.1, -0.05) is 11.8 Å². The van der Waals surface area contributed by atoms with Gasteiger partial charge in [-0.05, 0) is 23.7 Å². The first kappa shape index (κ1) is 12.0. The van der Waals surface area contributed by atoms with Crippen molar-refractivity contribution in [3.63, 3.8) is 0 Å². The van der Waals surface area contributed by atoms with Crippen LogP contribution in [0.4, 0.5) is 0 Å². The SMILES string of the molecule is NNC(=O)c1cccnc1CSc1ncns1. The summed E-state index contributed by atoms with van der Waals surface area (Å²) in [4.78, 5) is 19.7. The van der Waals surface area contributed by atoms with E-state index >= 15 is 0 Å². The molecule has 2 rings (SSSR count). The summed E-state index contributed by atoms with van der Waals surface area (Å²) >= 11 is 2.79. The topological polar surface area (TPSA) is 93.8 Å². The number of nitrogens with one attached hydrogen (secondary N) is 1. The molecule has 1 amide bonds. The summed E-state index contributed by atoms with van der Waals surface area (Å²) in [6, 6.07) is 3.38. The van der Waals surface area contributed by atoms with E-state index in [0.717, 1.165) is 4.34 Å². The Labute approximate surface area is 106 Å². The summed E-state index contributed by atoms with van der Waals surface area (Å²) < 4.78 is 4.74. The van der Waals surface area contributed by atoms with Crippen molar-refractivity contribution < 1.29 is 4.79 Å². The fraction of sp³-hybridized carbons (Fsp3) is 0.111. The highest BCUT2D eigenvalue weighted by Gasteiger charge is 2.11. The van der Waals surface area contributed by atoms with Gasteiger partial charge in [0, 0.05) is 11.9 Å². The Hall–Kier alpha value is -1.51. The standard InChI is InChI=1S/C9H9N5OS2/c10-14-8(15)6-2-1-3-11-7(6)4-16-9-12-5-13-17-9/h1-3,5H,4,10H2,(H,14,15). The Kier molecular flexibility index (Phi) is 4.02. The van der Waals surface area contributed by atoms with E-state index in [9.17, 15) is 4.79 Å². The molecule has 17 heavy (non-hydrogen) atoms. The van der Waals surface area contributed by atoms with E-state index in [0.29, 0.717) is 17.0 Å². The van der Waals surface area contributed by atoms with Crippen molar-refractivity contribution in [2.24, 2.45) is 5.84 Å². The number of amides is 1. The third kappa shape index (κ3) is 2.99. The number of hydrogen-bond acceptors (Lipinski definition) is 7. The van der Waals surface area contributed by atoms with Crippen LogP contribution in [-0.2, 0) is 5.75 Å². The number of nitrogen functional groups attached to an aromatic ring is 1. The van der Waals surface area contributed by atoms with Gasteiger partial charge < -0.3 is 0 Å². The van der Waals surface area contributed by atoms with E-state index in [1.54, 1.807) is 18.3 Å². The van der Waals surface area contributed by atoms with Gasteiger partial charge in [-0.15, -0.1) is 0 Å². The Morgan fingerprint density at radius 1 is 1.53 bits per heavy atom. The zero-order chi connectivity index (χ0) is 12.1. The number of rotatable bonds is 4. The number of nitrogens with zero attached hydrogens (tertiary/aromatic N) is 3. The summed E-state index contributed by atoms with van der Waals surface area (Å²) in [5.41, 5.74) is 3.26. The Balaban J connectivity index is 2.12. The number of nitrogens with two attached hydrogens (primary N) is 1. The van der Waals surface area contributed by atoms with Crippen LogP contribution in [0.1, 0.15) is 16.1 Å². The van der Waals surface area contributed by atoms with Crippen molar-refractivity contribution in [3.8, 4) is 0 Å². The van der Waals surface area contributed by atoms with Crippen molar-refractivity contribution >= 4 is 29.2 Å². The predicted octanol–water partition coefficient (Wildman–Crippen LogP) is 0.829. The molecule has 88 valence electrons.